The Labute approximate surface area is 188 Å². The van der Waals surface area contributed by atoms with E-state index in [0.29, 0.717) is 18.5 Å². The van der Waals surface area contributed by atoms with E-state index < -0.39 is 16.1 Å². The topological polar surface area (TPSA) is 70.5 Å². The number of thiazole rings is 1. The summed E-state index contributed by atoms with van der Waals surface area (Å²) >= 11 is 3.12. The fourth-order valence-corrected chi connectivity index (χ4v) is 6.48. The molecule has 26 heavy (non-hydrogen) atoms. The summed E-state index contributed by atoms with van der Waals surface area (Å²) in [7, 11) is -3.27. The second-order valence-electron chi connectivity index (χ2n) is 5.95. The number of hydrogen-bond acceptors (Lipinski definition) is 6. The zero-order chi connectivity index (χ0) is 17.9. The minimum Gasteiger partial charge on any atom is -0.388 e. The molecule has 1 fully saturated rings. The second-order valence-corrected chi connectivity index (χ2v) is 10.1. The number of hydrogen-bond donors (Lipinski definition) is 1. The van der Waals surface area contributed by atoms with Crippen LogP contribution in [0.4, 0.5) is 5.69 Å². The molecule has 1 N–H and O–H groups in total. The van der Waals surface area contributed by atoms with Gasteiger partial charge in [0.15, 0.2) is 0 Å². The van der Waals surface area contributed by atoms with Crippen molar-refractivity contribution in [1.29, 1.82) is 0 Å². The molecule has 1 aliphatic rings. The Bertz CT molecular complexity index is 782. The van der Waals surface area contributed by atoms with Crippen molar-refractivity contribution in [2.75, 3.05) is 15.8 Å². The molecule has 1 aromatic heterocycles. The average molecular weight is 486 g/mol. The number of aliphatic hydroxyl groups excluding tert-OH is 1. The van der Waals surface area contributed by atoms with Gasteiger partial charge in [-0.2, -0.15) is 17.1 Å². The Morgan fingerprint density at radius 1 is 1.42 bits per heavy atom. The number of aromatic nitrogens is 1. The first-order valence-corrected chi connectivity index (χ1v) is 11.7. The molecule has 1 radical (unpaired) electrons. The normalized spacial score (nSPS) is 19.9. The molecule has 2 unspecified atom stereocenters. The van der Waals surface area contributed by atoms with Crippen molar-refractivity contribution < 1.29 is 46.2 Å². The van der Waals surface area contributed by atoms with Crippen molar-refractivity contribution in [3.8, 4) is 0 Å². The number of rotatable bonds is 7. The Kier molecular flexibility index (Phi) is 8.56. The molecule has 3 rings (SSSR count). The Balaban J connectivity index is 0.00000243. The van der Waals surface area contributed by atoms with E-state index in [1.807, 2.05) is 19.1 Å². The SMILES string of the molecule is CCC(O)c1ccc(N2C(CCSc3nc[c-]s3)CCS2(=O)=O)cc1.[Y]. The quantitative estimate of drug-likeness (QED) is 0.480. The van der Waals surface area contributed by atoms with Gasteiger partial charge in [-0.15, -0.1) is 0 Å². The van der Waals surface area contributed by atoms with Gasteiger partial charge in [0.1, 0.15) is 0 Å². The fraction of sp³-hybridized carbons (Fsp3) is 0.471. The van der Waals surface area contributed by atoms with Crippen molar-refractivity contribution in [3.05, 3.63) is 41.4 Å². The van der Waals surface area contributed by atoms with E-state index in [4.69, 9.17) is 0 Å². The van der Waals surface area contributed by atoms with Crippen LogP contribution < -0.4 is 4.31 Å². The molecular weight excluding hydrogens is 465 g/mol. The molecule has 0 spiro atoms. The average Bonchev–Trinajstić information content (AvgIpc) is 3.22. The third-order valence-corrected chi connectivity index (χ3v) is 8.06. The summed E-state index contributed by atoms with van der Waals surface area (Å²) in [5.41, 5.74) is 1.50. The van der Waals surface area contributed by atoms with Gasteiger partial charge in [-0.3, -0.25) is 4.31 Å². The second kappa shape index (κ2) is 9.98. The summed E-state index contributed by atoms with van der Waals surface area (Å²) in [5, 5.41) is 12.9. The smallest absolute Gasteiger partial charge is 0.235 e. The van der Waals surface area contributed by atoms with Crippen LogP contribution in [-0.2, 0) is 42.7 Å². The first-order valence-electron chi connectivity index (χ1n) is 8.26. The summed E-state index contributed by atoms with van der Waals surface area (Å²) < 4.78 is 27.5. The van der Waals surface area contributed by atoms with Gasteiger partial charge in [0, 0.05) is 38.8 Å². The minimum absolute atomic E-state index is 0. The summed E-state index contributed by atoms with van der Waals surface area (Å²) in [6.45, 7) is 1.91. The maximum Gasteiger partial charge on any atom is 0.235 e. The van der Waals surface area contributed by atoms with Crippen LogP contribution in [0.3, 0.4) is 0 Å². The van der Waals surface area contributed by atoms with Gasteiger partial charge in [0.2, 0.25) is 10.0 Å². The number of sulfonamides is 1. The van der Waals surface area contributed by atoms with Crippen molar-refractivity contribution in [2.24, 2.45) is 0 Å². The van der Waals surface area contributed by atoms with Crippen LogP contribution in [0.25, 0.3) is 0 Å². The standard InChI is InChI=1S/C17H21N2O3S3.Y/c1-2-16(20)13-3-5-14(6-4-13)19-15(8-12-25(19,21)22)7-10-23-17-18-9-11-24-17;/h3-6,9,15-16,20H,2,7-8,10,12H2,1H3;/q-1;. The number of benzene rings is 1. The van der Waals surface area contributed by atoms with Gasteiger partial charge in [-0.25, -0.2) is 8.42 Å². The largest absolute Gasteiger partial charge is 0.388 e. The number of anilines is 1. The van der Waals surface area contributed by atoms with E-state index in [2.05, 4.69) is 10.4 Å². The Morgan fingerprint density at radius 2 is 2.15 bits per heavy atom. The van der Waals surface area contributed by atoms with Crippen molar-refractivity contribution in [2.45, 2.75) is 42.7 Å². The van der Waals surface area contributed by atoms with Crippen molar-refractivity contribution in [1.82, 2.24) is 4.98 Å². The zero-order valence-electron chi connectivity index (χ0n) is 14.5. The van der Waals surface area contributed by atoms with Gasteiger partial charge < -0.3 is 21.4 Å². The molecule has 0 saturated carbocycles. The van der Waals surface area contributed by atoms with Crippen LogP contribution in [0.1, 0.15) is 37.9 Å². The molecule has 1 aliphatic heterocycles. The molecular formula is C17H21N2O3S3Y-. The van der Waals surface area contributed by atoms with E-state index in [9.17, 15) is 13.5 Å². The molecule has 139 valence electrons. The first kappa shape index (κ1) is 22.3. The fourth-order valence-electron chi connectivity index (χ4n) is 2.97. The summed E-state index contributed by atoms with van der Waals surface area (Å²) in [6, 6.07) is 7.20. The molecule has 5 nitrogen and oxygen atoms in total. The van der Waals surface area contributed by atoms with Gasteiger partial charge in [-0.05, 0) is 47.1 Å². The van der Waals surface area contributed by atoms with E-state index in [1.54, 1.807) is 34.4 Å². The van der Waals surface area contributed by atoms with Crippen molar-refractivity contribution in [3.63, 3.8) is 0 Å². The molecule has 0 bridgehead atoms. The zero-order valence-corrected chi connectivity index (χ0v) is 19.8. The summed E-state index contributed by atoms with van der Waals surface area (Å²) in [6.07, 6.45) is 3.21. The Morgan fingerprint density at radius 3 is 2.77 bits per heavy atom. The van der Waals surface area contributed by atoms with Gasteiger partial charge in [-0.1, -0.05) is 25.3 Å². The summed E-state index contributed by atoms with van der Waals surface area (Å²) in [5.74, 6) is 1.01. The number of aliphatic hydroxyl groups is 1. The van der Waals surface area contributed by atoms with E-state index >= 15 is 0 Å². The summed E-state index contributed by atoms with van der Waals surface area (Å²) in [4.78, 5) is 4.19. The van der Waals surface area contributed by atoms with Gasteiger partial charge in [0.05, 0.1) is 17.5 Å². The van der Waals surface area contributed by atoms with Crippen molar-refractivity contribution >= 4 is 38.8 Å². The van der Waals surface area contributed by atoms with Gasteiger partial charge >= 0.3 is 0 Å². The maximum atomic E-state index is 12.5. The minimum atomic E-state index is -3.27. The van der Waals surface area contributed by atoms with Crippen LogP contribution in [0, 0.1) is 5.38 Å². The molecule has 1 aromatic carbocycles. The molecule has 0 amide bonds. The van der Waals surface area contributed by atoms with E-state index in [-0.39, 0.29) is 44.5 Å². The van der Waals surface area contributed by atoms with Crippen LogP contribution in [0.2, 0.25) is 0 Å². The number of thioether (sulfide) groups is 1. The predicted molar refractivity (Wildman–Crippen MR) is 103 cm³/mol. The Hall–Kier alpha value is 0.0139. The van der Waals surface area contributed by atoms with E-state index in [1.165, 1.54) is 11.3 Å². The van der Waals surface area contributed by atoms with Crippen LogP contribution >= 0.6 is 23.1 Å². The molecule has 1 saturated heterocycles. The van der Waals surface area contributed by atoms with Crippen LogP contribution in [-0.4, -0.2) is 36.1 Å². The maximum absolute atomic E-state index is 12.5. The van der Waals surface area contributed by atoms with Crippen LogP contribution in [0.15, 0.2) is 34.8 Å². The first-order chi connectivity index (χ1) is 12.0. The predicted octanol–water partition coefficient (Wildman–Crippen LogP) is 3.48. The molecule has 9 heteroatoms. The molecule has 2 aromatic rings. The van der Waals surface area contributed by atoms with Crippen LogP contribution in [0.5, 0.6) is 0 Å². The number of nitrogens with zero attached hydrogens (tertiary/aromatic N) is 2. The molecule has 2 atom stereocenters. The third-order valence-electron chi connectivity index (χ3n) is 4.30. The molecule has 2 heterocycles. The third kappa shape index (κ3) is 5.29. The van der Waals surface area contributed by atoms with Gasteiger partial charge in [0.25, 0.3) is 0 Å². The van der Waals surface area contributed by atoms with E-state index in [0.717, 1.165) is 22.1 Å². The monoisotopic (exact) mass is 486 g/mol. The molecule has 0 aliphatic carbocycles.